The van der Waals surface area contributed by atoms with E-state index in [1.54, 1.807) is 24.8 Å². The SMILES string of the molecule is COc1ccc(CNc2nc3cc(OC)c(F)cc3c3nc([C@@H]4CCCN(c5cnn(C(c6ccccc6)(c6ccccc6)c6ccccc6)c5C)C4)nn23)c(OC)c1. The molecule has 1 N–H and O–H groups in total. The van der Waals surface area contributed by atoms with Crippen LogP contribution in [0.3, 0.4) is 0 Å². The maximum absolute atomic E-state index is 15.2. The van der Waals surface area contributed by atoms with Gasteiger partial charge in [-0.2, -0.15) is 9.61 Å². The summed E-state index contributed by atoms with van der Waals surface area (Å²) in [5.74, 6) is 2.09. The molecule has 3 aromatic heterocycles. The van der Waals surface area contributed by atoms with Gasteiger partial charge >= 0.3 is 0 Å². The van der Waals surface area contributed by atoms with Gasteiger partial charge in [0.2, 0.25) is 5.95 Å². The molecule has 0 amide bonds. The van der Waals surface area contributed by atoms with Crippen LogP contribution in [0.15, 0.2) is 128 Å². The zero-order valence-corrected chi connectivity index (χ0v) is 33.5. The molecule has 1 fully saturated rings. The van der Waals surface area contributed by atoms with Gasteiger partial charge in [0.05, 0.1) is 44.4 Å². The van der Waals surface area contributed by atoms with Crippen LogP contribution in [0, 0.1) is 12.7 Å². The van der Waals surface area contributed by atoms with Gasteiger partial charge in [0.1, 0.15) is 17.0 Å². The largest absolute Gasteiger partial charge is 0.497 e. The van der Waals surface area contributed by atoms with Gasteiger partial charge in [-0.1, -0.05) is 91.0 Å². The fraction of sp³-hybridized carbons (Fsp3) is 0.234. The third kappa shape index (κ3) is 6.64. The number of piperidine rings is 1. The van der Waals surface area contributed by atoms with E-state index in [-0.39, 0.29) is 11.7 Å². The lowest BCUT2D eigenvalue weighted by Crippen LogP contribution is -2.40. The highest BCUT2D eigenvalue weighted by Crippen LogP contribution is 2.43. The van der Waals surface area contributed by atoms with Crippen LogP contribution in [0.4, 0.5) is 16.0 Å². The summed E-state index contributed by atoms with van der Waals surface area (Å²) in [6.45, 7) is 4.08. The second kappa shape index (κ2) is 15.8. The summed E-state index contributed by atoms with van der Waals surface area (Å²) in [5.41, 5.74) is 6.67. The number of fused-ring (bicyclic) bond motifs is 3. The monoisotopic (exact) mass is 788 g/mol. The first kappa shape index (κ1) is 37.6. The minimum Gasteiger partial charge on any atom is -0.497 e. The molecular weight excluding hydrogens is 744 g/mol. The summed E-state index contributed by atoms with van der Waals surface area (Å²) in [5, 5.41) is 14.3. The highest BCUT2D eigenvalue weighted by atomic mass is 19.1. The van der Waals surface area contributed by atoms with Crippen molar-refractivity contribution in [3.05, 3.63) is 167 Å². The molecule has 12 heteroatoms. The van der Waals surface area contributed by atoms with Crippen molar-refractivity contribution in [2.24, 2.45) is 0 Å². The van der Waals surface area contributed by atoms with Crippen LogP contribution in [-0.4, -0.2) is 63.8 Å². The minimum absolute atomic E-state index is 0.0128. The number of nitrogens with one attached hydrogen (secondary N) is 1. The highest BCUT2D eigenvalue weighted by molar-refractivity contribution is 5.93. The zero-order chi connectivity index (χ0) is 40.5. The van der Waals surface area contributed by atoms with Crippen LogP contribution in [0.25, 0.3) is 16.6 Å². The van der Waals surface area contributed by atoms with Crippen molar-refractivity contribution in [3.8, 4) is 17.2 Å². The Balaban J connectivity index is 1.10. The molecule has 8 aromatic rings. The van der Waals surface area contributed by atoms with E-state index < -0.39 is 11.4 Å². The second-order valence-electron chi connectivity index (χ2n) is 14.8. The van der Waals surface area contributed by atoms with E-state index in [0.29, 0.717) is 52.9 Å². The Morgan fingerprint density at radius 2 is 1.44 bits per heavy atom. The lowest BCUT2D eigenvalue weighted by atomic mass is 9.77. The van der Waals surface area contributed by atoms with Crippen molar-refractivity contribution < 1.29 is 18.6 Å². The van der Waals surface area contributed by atoms with Gasteiger partial charge in [-0.15, -0.1) is 5.10 Å². The van der Waals surface area contributed by atoms with E-state index >= 15 is 4.39 Å². The van der Waals surface area contributed by atoms with Gasteiger partial charge in [0.15, 0.2) is 23.0 Å². The second-order valence-corrected chi connectivity index (χ2v) is 14.8. The van der Waals surface area contributed by atoms with Crippen molar-refractivity contribution in [2.75, 3.05) is 44.6 Å². The molecule has 0 bridgehead atoms. The number of benzene rings is 5. The number of anilines is 2. The fourth-order valence-electron chi connectivity index (χ4n) is 8.60. The van der Waals surface area contributed by atoms with Gasteiger partial charge in [-0.05, 0) is 54.7 Å². The van der Waals surface area contributed by atoms with Crippen LogP contribution in [0.1, 0.15) is 52.5 Å². The van der Waals surface area contributed by atoms with E-state index in [1.165, 1.54) is 13.2 Å². The van der Waals surface area contributed by atoms with Gasteiger partial charge in [0, 0.05) is 48.6 Å². The molecule has 0 aliphatic carbocycles. The lowest BCUT2D eigenvalue weighted by Gasteiger charge is -2.38. The first-order valence-electron chi connectivity index (χ1n) is 19.8. The number of nitrogens with zero attached hydrogens (tertiary/aromatic N) is 7. The van der Waals surface area contributed by atoms with Crippen LogP contribution in [0.5, 0.6) is 17.2 Å². The Hall–Kier alpha value is -6.95. The average molecular weight is 789 g/mol. The normalized spacial score (nSPS) is 14.5. The number of ether oxygens (including phenoxy) is 3. The Labute approximate surface area is 342 Å². The zero-order valence-electron chi connectivity index (χ0n) is 33.5. The minimum atomic E-state index is -0.726. The van der Waals surface area contributed by atoms with Crippen LogP contribution in [0.2, 0.25) is 0 Å². The Morgan fingerprint density at radius 1 is 0.780 bits per heavy atom. The molecule has 1 aliphatic rings. The number of hydrogen-bond donors (Lipinski definition) is 1. The molecule has 0 unspecified atom stereocenters. The van der Waals surface area contributed by atoms with Crippen molar-refractivity contribution >= 4 is 28.2 Å². The third-order valence-electron chi connectivity index (χ3n) is 11.5. The number of halogens is 1. The predicted octanol–water partition coefficient (Wildman–Crippen LogP) is 8.78. The first-order chi connectivity index (χ1) is 28.9. The maximum Gasteiger partial charge on any atom is 0.226 e. The van der Waals surface area contributed by atoms with Crippen LogP contribution >= 0.6 is 0 Å². The Kier molecular flexibility index (Phi) is 10.1. The average Bonchev–Trinajstić information content (AvgIpc) is 3.92. The topological polar surface area (TPSA) is 104 Å². The molecule has 9 rings (SSSR count). The molecule has 0 spiro atoms. The highest BCUT2D eigenvalue weighted by Gasteiger charge is 2.41. The number of hydrogen-bond acceptors (Lipinski definition) is 9. The van der Waals surface area contributed by atoms with Crippen LogP contribution < -0.4 is 24.4 Å². The number of methoxy groups -OCH3 is 3. The molecule has 4 heterocycles. The third-order valence-corrected chi connectivity index (χ3v) is 11.5. The summed E-state index contributed by atoms with van der Waals surface area (Å²) >= 11 is 0. The summed E-state index contributed by atoms with van der Waals surface area (Å²) in [6, 6.07) is 40.5. The molecule has 1 atom stereocenters. The van der Waals surface area contributed by atoms with Crippen molar-refractivity contribution in [1.82, 2.24) is 29.4 Å². The fourth-order valence-corrected chi connectivity index (χ4v) is 8.60. The molecule has 0 saturated carbocycles. The Bertz CT molecular complexity index is 2640. The van der Waals surface area contributed by atoms with E-state index in [4.69, 9.17) is 34.4 Å². The standard InChI is InChI=1S/C47H45FN8O3/c1-31-41(29-50-56(31)47(34-16-8-5-9-17-34,35-18-10-6-11-19-35)36-20-12-7-13-21-36)54-24-14-15-33(30-54)44-52-45-38-26-39(48)43(59-4)27-40(38)51-46(55(45)53-44)49-28-32-22-23-37(57-2)25-42(32)58-3/h5-13,16-23,25-27,29,33H,14-15,24,28,30H2,1-4H3,(H,49,51)/t33-/m1/s1. The van der Waals surface area contributed by atoms with E-state index in [1.807, 2.05) is 24.4 Å². The number of rotatable bonds is 12. The quantitative estimate of drug-likeness (QED) is 0.122. The molecule has 1 aliphatic heterocycles. The molecule has 11 nitrogen and oxygen atoms in total. The molecule has 1 saturated heterocycles. The summed E-state index contributed by atoms with van der Waals surface area (Å²) in [6.07, 6.45) is 3.82. The van der Waals surface area contributed by atoms with Gasteiger partial charge in [-0.25, -0.2) is 19.0 Å². The Morgan fingerprint density at radius 3 is 2.07 bits per heavy atom. The van der Waals surface area contributed by atoms with Gasteiger partial charge in [-0.3, -0.25) is 0 Å². The lowest BCUT2D eigenvalue weighted by molar-refractivity contribution is 0.387. The molecule has 298 valence electrons. The molecule has 5 aromatic carbocycles. The molecule has 59 heavy (non-hydrogen) atoms. The van der Waals surface area contributed by atoms with E-state index in [0.717, 1.165) is 53.0 Å². The maximum atomic E-state index is 15.2. The number of aromatic nitrogens is 6. The summed E-state index contributed by atoms with van der Waals surface area (Å²) < 4.78 is 35.5. The van der Waals surface area contributed by atoms with Gasteiger partial charge < -0.3 is 24.4 Å². The van der Waals surface area contributed by atoms with Crippen LogP contribution in [-0.2, 0) is 12.1 Å². The summed E-state index contributed by atoms with van der Waals surface area (Å²) in [7, 11) is 4.69. The van der Waals surface area contributed by atoms with Crippen molar-refractivity contribution in [2.45, 2.75) is 37.8 Å². The van der Waals surface area contributed by atoms with E-state index in [2.05, 4.69) is 113 Å². The van der Waals surface area contributed by atoms with Crippen molar-refractivity contribution in [3.63, 3.8) is 0 Å². The smallest absolute Gasteiger partial charge is 0.226 e. The van der Waals surface area contributed by atoms with Gasteiger partial charge in [0.25, 0.3) is 0 Å². The predicted molar refractivity (Wildman–Crippen MR) is 227 cm³/mol. The first-order valence-corrected chi connectivity index (χ1v) is 19.8. The molecule has 0 radical (unpaired) electrons. The van der Waals surface area contributed by atoms with Crippen molar-refractivity contribution in [1.29, 1.82) is 0 Å². The molecular formula is C47H45FN8O3. The summed E-state index contributed by atoms with van der Waals surface area (Å²) in [4.78, 5) is 12.4. The van der Waals surface area contributed by atoms with E-state index in [9.17, 15) is 0 Å².